The first-order valence-electron chi connectivity index (χ1n) is 6.75. The highest BCUT2D eigenvalue weighted by molar-refractivity contribution is 7.11. The van der Waals surface area contributed by atoms with E-state index >= 15 is 0 Å². The highest BCUT2D eigenvalue weighted by Crippen LogP contribution is 2.29. The zero-order valence-corrected chi connectivity index (χ0v) is 12.8. The molecule has 0 saturated carbocycles. The second kappa shape index (κ2) is 5.38. The quantitative estimate of drug-likeness (QED) is 0.787. The normalized spacial score (nSPS) is 12.9. The highest BCUT2D eigenvalue weighted by Gasteiger charge is 2.17. The lowest BCUT2D eigenvalue weighted by Crippen LogP contribution is -2.18. The van der Waals surface area contributed by atoms with Gasteiger partial charge in [-0.1, -0.05) is 18.2 Å². The molecule has 2 aromatic heterocycles. The average molecular weight is 286 g/mol. The molecule has 1 atom stereocenters. The molecule has 104 valence electrons. The molecule has 0 aliphatic heterocycles. The first kappa shape index (κ1) is 13.3. The fourth-order valence-electron chi connectivity index (χ4n) is 2.44. The average Bonchev–Trinajstić information content (AvgIpc) is 3.00. The molecule has 0 spiro atoms. The van der Waals surface area contributed by atoms with Crippen molar-refractivity contribution in [1.82, 2.24) is 10.3 Å². The van der Waals surface area contributed by atoms with Crippen LogP contribution in [0.2, 0.25) is 0 Å². The number of para-hydroxylation sites is 1. The van der Waals surface area contributed by atoms with E-state index in [2.05, 4.69) is 30.2 Å². The number of nitrogens with zero attached hydrogens (tertiary/aromatic N) is 1. The number of thiazole rings is 1. The molecule has 3 rings (SSSR count). The maximum atomic E-state index is 5.64. The molecule has 3 nitrogen and oxygen atoms in total. The molecule has 0 aliphatic carbocycles. The third kappa shape index (κ3) is 2.37. The van der Waals surface area contributed by atoms with E-state index in [0.717, 1.165) is 17.7 Å². The van der Waals surface area contributed by atoms with Gasteiger partial charge in [-0.05, 0) is 27.0 Å². The number of benzene rings is 1. The molecule has 1 N–H and O–H groups in total. The number of nitrogens with one attached hydrogen (secondary N) is 1. The van der Waals surface area contributed by atoms with Gasteiger partial charge in [0.15, 0.2) is 0 Å². The molecule has 0 radical (unpaired) electrons. The zero-order valence-electron chi connectivity index (χ0n) is 11.9. The van der Waals surface area contributed by atoms with Gasteiger partial charge in [-0.2, -0.15) is 0 Å². The van der Waals surface area contributed by atoms with Crippen molar-refractivity contribution in [3.8, 4) is 0 Å². The molecule has 1 aromatic carbocycles. The van der Waals surface area contributed by atoms with Crippen molar-refractivity contribution < 1.29 is 4.42 Å². The highest BCUT2D eigenvalue weighted by atomic mass is 32.1. The summed E-state index contributed by atoms with van der Waals surface area (Å²) in [5, 5.41) is 5.73. The van der Waals surface area contributed by atoms with Crippen LogP contribution in [0.4, 0.5) is 0 Å². The van der Waals surface area contributed by atoms with E-state index in [0.29, 0.717) is 0 Å². The number of furan rings is 1. The molecule has 0 amide bonds. The number of aromatic nitrogens is 1. The topological polar surface area (TPSA) is 38.1 Å². The zero-order chi connectivity index (χ0) is 14.1. The Morgan fingerprint density at radius 2 is 2.10 bits per heavy atom. The minimum absolute atomic E-state index is 0.226. The van der Waals surface area contributed by atoms with Crippen molar-refractivity contribution in [1.29, 1.82) is 0 Å². The number of rotatable bonds is 4. The van der Waals surface area contributed by atoms with Gasteiger partial charge in [0.1, 0.15) is 5.58 Å². The van der Waals surface area contributed by atoms with Crippen LogP contribution in [-0.2, 0) is 6.42 Å². The first-order valence-corrected chi connectivity index (χ1v) is 7.57. The van der Waals surface area contributed by atoms with Gasteiger partial charge in [-0.25, -0.2) is 4.98 Å². The second-order valence-electron chi connectivity index (χ2n) is 4.98. The van der Waals surface area contributed by atoms with E-state index in [1.54, 1.807) is 11.3 Å². The molecule has 20 heavy (non-hydrogen) atoms. The van der Waals surface area contributed by atoms with Crippen LogP contribution in [0.5, 0.6) is 0 Å². The third-order valence-electron chi connectivity index (χ3n) is 3.69. The van der Waals surface area contributed by atoms with Crippen LogP contribution in [0.3, 0.4) is 0 Å². The van der Waals surface area contributed by atoms with Gasteiger partial charge in [-0.15, -0.1) is 11.3 Å². The van der Waals surface area contributed by atoms with Crippen LogP contribution < -0.4 is 5.32 Å². The van der Waals surface area contributed by atoms with Crippen LogP contribution in [0, 0.1) is 13.8 Å². The summed E-state index contributed by atoms with van der Waals surface area (Å²) in [6, 6.07) is 8.38. The fourth-order valence-corrected chi connectivity index (χ4v) is 3.42. The summed E-state index contributed by atoms with van der Waals surface area (Å²) < 4.78 is 5.64. The largest absolute Gasteiger partial charge is 0.464 e. The molecule has 0 saturated heterocycles. The molecular weight excluding hydrogens is 268 g/mol. The predicted octanol–water partition coefficient (Wildman–Crippen LogP) is 4.01. The Hall–Kier alpha value is -1.65. The van der Waals surface area contributed by atoms with Crippen molar-refractivity contribution >= 4 is 22.3 Å². The van der Waals surface area contributed by atoms with Crippen molar-refractivity contribution in [3.63, 3.8) is 0 Å². The maximum Gasteiger partial charge on any atom is 0.134 e. The van der Waals surface area contributed by atoms with Gasteiger partial charge < -0.3 is 9.73 Å². The number of hydrogen-bond acceptors (Lipinski definition) is 4. The van der Waals surface area contributed by atoms with Crippen molar-refractivity contribution in [3.05, 3.63) is 51.7 Å². The van der Waals surface area contributed by atoms with E-state index in [-0.39, 0.29) is 6.04 Å². The van der Waals surface area contributed by atoms with Crippen LogP contribution >= 0.6 is 11.3 Å². The van der Waals surface area contributed by atoms with E-state index in [9.17, 15) is 0 Å². The molecule has 4 heteroatoms. The Morgan fingerprint density at radius 1 is 1.30 bits per heavy atom. The Bertz CT molecular complexity index is 709. The van der Waals surface area contributed by atoms with Crippen LogP contribution in [0.25, 0.3) is 11.0 Å². The summed E-state index contributed by atoms with van der Waals surface area (Å²) in [4.78, 5) is 5.93. The van der Waals surface area contributed by atoms with Crippen LogP contribution in [0.1, 0.15) is 27.2 Å². The van der Waals surface area contributed by atoms with Gasteiger partial charge in [0, 0.05) is 28.3 Å². The van der Waals surface area contributed by atoms with E-state index in [1.807, 2.05) is 31.5 Å². The Morgan fingerprint density at radius 3 is 2.80 bits per heavy atom. The Balaban J connectivity index is 1.93. The van der Waals surface area contributed by atoms with Gasteiger partial charge in [-0.3, -0.25) is 0 Å². The SMILES string of the molecule is CNC(Cc1nc(C)c(C)s1)c1coc2ccccc12. The Labute approximate surface area is 122 Å². The van der Waals surface area contributed by atoms with Gasteiger partial charge in [0.05, 0.1) is 17.0 Å². The molecule has 3 aromatic rings. The van der Waals surface area contributed by atoms with E-state index in [4.69, 9.17) is 4.42 Å². The number of aryl methyl sites for hydroxylation is 2. The van der Waals surface area contributed by atoms with Crippen molar-refractivity contribution in [2.45, 2.75) is 26.3 Å². The summed E-state index contributed by atoms with van der Waals surface area (Å²) in [5.74, 6) is 0. The number of hydrogen-bond donors (Lipinski definition) is 1. The Kier molecular flexibility index (Phi) is 3.59. The van der Waals surface area contributed by atoms with Crippen LogP contribution in [0.15, 0.2) is 34.9 Å². The van der Waals surface area contributed by atoms with Crippen molar-refractivity contribution in [2.75, 3.05) is 7.05 Å². The lowest BCUT2D eigenvalue weighted by molar-refractivity contribution is 0.562. The smallest absolute Gasteiger partial charge is 0.134 e. The van der Waals surface area contributed by atoms with Crippen LogP contribution in [-0.4, -0.2) is 12.0 Å². The molecule has 0 bridgehead atoms. The molecule has 2 heterocycles. The lowest BCUT2D eigenvalue weighted by atomic mass is 10.0. The third-order valence-corrected chi connectivity index (χ3v) is 4.78. The predicted molar refractivity (Wildman–Crippen MR) is 83.3 cm³/mol. The summed E-state index contributed by atoms with van der Waals surface area (Å²) in [6.07, 6.45) is 2.75. The van der Waals surface area contributed by atoms with Crippen molar-refractivity contribution in [2.24, 2.45) is 0 Å². The van der Waals surface area contributed by atoms with E-state index < -0.39 is 0 Å². The molecule has 0 fully saturated rings. The minimum atomic E-state index is 0.226. The van der Waals surface area contributed by atoms with Gasteiger partial charge >= 0.3 is 0 Å². The summed E-state index contributed by atoms with van der Waals surface area (Å²) in [5.41, 5.74) is 3.28. The maximum absolute atomic E-state index is 5.64. The summed E-state index contributed by atoms with van der Waals surface area (Å²) in [6.45, 7) is 4.19. The fraction of sp³-hybridized carbons (Fsp3) is 0.312. The summed E-state index contributed by atoms with van der Waals surface area (Å²) >= 11 is 1.78. The van der Waals surface area contributed by atoms with E-state index in [1.165, 1.54) is 20.8 Å². The summed E-state index contributed by atoms with van der Waals surface area (Å²) in [7, 11) is 1.99. The van der Waals surface area contributed by atoms with Gasteiger partial charge in [0.25, 0.3) is 0 Å². The first-order chi connectivity index (χ1) is 9.69. The second-order valence-corrected chi connectivity index (χ2v) is 6.27. The number of fused-ring (bicyclic) bond motifs is 1. The lowest BCUT2D eigenvalue weighted by Gasteiger charge is -2.13. The monoisotopic (exact) mass is 286 g/mol. The van der Waals surface area contributed by atoms with Gasteiger partial charge in [0.2, 0.25) is 0 Å². The number of likely N-dealkylation sites (N-methyl/N-ethyl adjacent to an activating group) is 1. The molecule has 1 unspecified atom stereocenters. The molecular formula is C16H18N2OS. The minimum Gasteiger partial charge on any atom is -0.464 e. The standard InChI is InChI=1S/C16H18N2OS/c1-10-11(2)20-16(18-10)8-14(17-3)13-9-19-15-7-5-4-6-12(13)15/h4-7,9,14,17H,8H2,1-3H3. The molecule has 0 aliphatic rings.